The third kappa shape index (κ3) is 3.04. The highest BCUT2D eigenvalue weighted by Gasteiger charge is 2.11. The number of amides is 1. The summed E-state index contributed by atoms with van der Waals surface area (Å²) in [6.07, 6.45) is 0. The minimum Gasteiger partial charge on any atom is -0.350 e. The van der Waals surface area contributed by atoms with Crippen molar-refractivity contribution >= 4 is 17.4 Å². The number of nitrogens with zero attached hydrogens (tertiary/aromatic N) is 3. The van der Waals surface area contributed by atoms with Gasteiger partial charge >= 0.3 is 0 Å². The lowest BCUT2D eigenvalue weighted by Gasteiger charge is -2.09. The molecule has 0 atom stereocenters. The summed E-state index contributed by atoms with van der Waals surface area (Å²) in [7, 11) is 3.93. The van der Waals surface area contributed by atoms with Crippen LogP contribution in [0.3, 0.4) is 0 Å². The van der Waals surface area contributed by atoms with Crippen molar-refractivity contribution in [1.29, 1.82) is 0 Å². The molecule has 0 aliphatic carbocycles. The van der Waals surface area contributed by atoms with Crippen molar-refractivity contribution in [2.24, 2.45) is 0 Å². The van der Waals surface area contributed by atoms with Crippen LogP contribution in [0.5, 0.6) is 0 Å². The SMILES string of the molecule is Cc1nnsc1C(=O)NCCN(C)C. The van der Waals surface area contributed by atoms with Crippen LogP contribution in [0.2, 0.25) is 0 Å². The Bertz CT molecular complexity index is 310. The van der Waals surface area contributed by atoms with Gasteiger partial charge in [0, 0.05) is 13.1 Å². The first-order valence-corrected chi connectivity index (χ1v) is 5.10. The molecule has 14 heavy (non-hydrogen) atoms. The van der Waals surface area contributed by atoms with Crippen LogP contribution in [0.25, 0.3) is 0 Å². The number of likely N-dealkylation sites (N-methyl/N-ethyl adjacent to an activating group) is 1. The number of hydrogen-bond donors (Lipinski definition) is 1. The molecule has 0 fully saturated rings. The van der Waals surface area contributed by atoms with Gasteiger partial charge in [-0.05, 0) is 32.6 Å². The topological polar surface area (TPSA) is 58.1 Å². The summed E-state index contributed by atoms with van der Waals surface area (Å²) in [6.45, 7) is 3.25. The minimum atomic E-state index is -0.0839. The molecular formula is C8H14N4OS. The zero-order valence-corrected chi connectivity index (χ0v) is 9.39. The van der Waals surface area contributed by atoms with E-state index < -0.39 is 0 Å². The molecule has 0 spiro atoms. The summed E-state index contributed by atoms with van der Waals surface area (Å²) in [4.78, 5) is 14.1. The molecule has 1 N–H and O–H groups in total. The van der Waals surface area contributed by atoms with Crippen LogP contribution in [-0.2, 0) is 0 Å². The summed E-state index contributed by atoms with van der Waals surface area (Å²) in [5.74, 6) is -0.0839. The maximum absolute atomic E-state index is 11.5. The fourth-order valence-electron chi connectivity index (χ4n) is 0.913. The van der Waals surface area contributed by atoms with Gasteiger partial charge in [0.15, 0.2) is 0 Å². The molecule has 1 aromatic rings. The smallest absolute Gasteiger partial charge is 0.264 e. The van der Waals surface area contributed by atoms with Crippen LogP contribution in [0.4, 0.5) is 0 Å². The third-order valence-corrected chi connectivity index (χ3v) is 2.53. The Labute approximate surface area is 87.3 Å². The van der Waals surface area contributed by atoms with Crippen LogP contribution < -0.4 is 5.32 Å². The van der Waals surface area contributed by atoms with Gasteiger partial charge in [-0.1, -0.05) is 4.49 Å². The molecule has 0 saturated heterocycles. The molecular weight excluding hydrogens is 200 g/mol. The number of carbonyl (C=O) groups is 1. The highest BCUT2D eigenvalue weighted by Crippen LogP contribution is 2.07. The van der Waals surface area contributed by atoms with Crippen LogP contribution >= 0.6 is 11.5 Å². The molecule has 5 nitrogen and oxygen atoms in total. The van der Waals surface area contributed by atoms with Gasteiger partial charge in [0.25, 0.3) is 5.91 Å². The standard InChI is InChI=1S/C8H14N4OS/c1-6-7(14-11-10-6)8(13)9-4-5-12(2)3/h4-5H2,1-3H3,(H,9,13). The van der Waals surface area contributed by atoms with Gasteiger partial charge in [-0.25, -0.2) is 0 Å². The summed E-state index contributed by atoms with van der Waals surface area (Å²) in [6, 6.07) is 0. The summed E-state index contributed by atoms with van der Waals surface area (Å²) < 4.78 is 3.71. The number of rotatable bonds is 4. The monoisotopic (exact) mass is 214 g/mol. The third-order valence-electron chi connectivity index (χ3n) is 1.70. The summed E-state index contributed by atoms with van der Waals surface area (Å²) in [5.41, 5.74) is 0.692. The molecule has 1 heterocycles. The van der Waals surface area contributed by atoms with E-state index in [1.165, 1.54) is 0 Å². The number of carbonyl (C=O) groups excluding carboxylic acids is 1. The lowest BCUT2D eigenvalue weighted by Crippen LogP contribution is -2.31. The molecule has 0 bridgehead atoms. The molecule has 0 aliphatic heterocycles. The molecule has 78 valence electrons. The van der Waals surface area contributed by atoms with E-state index in [0.717, 1.165) is 18.1 Å². The molecule has 6 heteroatoms. The molecule has 1 aromatic heterocycles. The minimum absolute atomic E-state index is 0.0839. The molecule has 0 aromatic carbocycles. The first kappa shape index (κ1) is 11.1. The Morgan fingerprint density at radius 2 is 2.29 bits per heavy atom. The Hall–Kier alpha value is -1.01. The first-order chi connectivity index (χ1) is 6.61. The normalized spacial score (nSPS) is 10.6. The predicted molar refractivity (Wildman–Crippen MR) is 55.5 cm³/mol. The van der Waals surface area contributed by atoms with E-state index in [1.54, 1.807) is 6.92 Å². The number of hydrogen-bond acceptors (Lipinski definition) is 5. The zero-order chi connectivity index (χ0) is 10.6. The quantitative estimate of drug-likeness (QED) is 0.774. The molecule has 1 rings (SSSR count). The number of nitrogens with one attached hydrogen (secondary N) is 1. The van der Waals surface area contributed by atoms with Crippen LogP contribution in [0.15, 0.2) is 0 Å². The van der Waals surface area contributed by atoms with Gasteiger partial charge in [0.05, 0.1) is 5.69 Å². The average molecular weight is 214 g/mol. The van der Waals surface area contributed by atoms with E-state index in [0.29, 0.717) is 17.1 Å². The Morgan fingerprint density at radius 3 is 2.79 bits per heavy atom. The average Bonchev–Trinajstić information content (AvgIpc) is 2.50. The highest BCUT2D eigenvalue weighted by atomic mass is 32.1. The second kappa shape index (κ2) is 5.02. The second-order valence-corrected chi connectivity index (χ2v) is 4.00. The van der Waals surface area contributed by atoms with Gasteiger partial charge < -0.3 is 10.2 Å². The predicted octanol–water partition coefficient (Wildman–Crippen LogP) is 0.138. The van der Waals surface area contributed by atoms with Crippen molar-refractivity contribution in [3.63, 3.8) is 0 Å². The molecule has 0 saturated carbocycles. The van der Waals surface area contributed by atoms with Gasteiger partial charge in [-0.15, -0.1) is 5.10 Å². The van der Waals surface area contributed by atoms with Crippen LogP contribution in [0, 0.1) is 6.92 Å². The van der Waals surface area contributed by atoms with Gasteiger partial charge in [-0.2, -0.15) is 0 Å². The van der Waals surface area contributed by atoms with Gasteiger partial charge in [0.1, 0.15) is 4.88 Å². The first-order valence-electron chi connectivity index (χ1n) is 4.33. The fraction of sp³-hybridized carbons (Fsp3) is 0.625. The number of aryl methyl sites for hydroxylation is 1. The van der Waals surface area contributed by atoms with Crippen molar-refractivity contribution < 1.29 is 4.79 Å². The fourth-order valence-corrected chi connectivity index (χ4v) is 1.49. The second-order valence-electron chi connectivity index (χ2n) is 3.25. The summed E-state index contributed by atoms with van der Waals surface area (Å²) in [5, 5.41) is 6.59. The van der Waals surface area contributed by atoms with Crippen molar-refractivity contribution in [1.82, 2.24) is 19.8 Å². The lowest BCUT2D eigenvalue weighted by atomic mass is 10.4. The Morgan fingerprint density at radius 1 is 1.57 bits per heavy atom. The summed E-state index contributed by atoms with van der Waals surface area (Å²) >= 11 is 1.13. The molecule has 0 aliphatic rings. The van der Waals surface area contributed by atoms with E-state index in [1.807, 2.05) is 19.0 Å². The van der Waals surface area contributed by atoms with E-state index in [4.69, 9.17) is 0 Å². The van der Waals surface area contributed by atoms with Crippen molar-refractivity contribution in [2.45, 2.75) is 6.92 Å². The van der Waals surface area contributed by atoms with E-state index in [9.17, 15) is 4.79 Å². The Balaban J connectivity index is 2.40. The lowest BCUT2D eigenvalue weighted by molar-refractivity contribution is 0.0954. The molecule has 1 amide bonds. The van der Waals surface area contributed by atoms with E-state index >= 15 is 0 Å². The van der Waals surface area contributed by atoms with Crippen LogP contribution in [-0.4, -0.2) is 47.6 Å². The largest absolute Gasteiger partial charge is 0.350 e. The van der Waals surface area contributed by atoms with Gasteiger partial charge in [-0.3, -0.25) is 4.79 Å². The highest BCUT2D eigenvalue weighted by molar-refractivity contribution is 7.07. The van der Waals surface area contributed by atoms with E-state index in [2.05, 4.69) is 14.9 Å². The molecule has 0 radical (unpaired) electrons. The van der Waals surface area contributed by atoms with Crippen LogP contribution in [0.1, 0.15) is 15.4 Å². The maximum atomic E-state index is 11.5. The van der Waals surface area contributed by atoms with Crippen molar-refractivity contribution in [2.75, 3.05) is 27.2 Å². The van der Waals surface area contributed by atoms with E-state index in [-0.39, 0.29) is 5.91 Å². The van der Waals surface area contributed by atoms with Gasteiger partial charge in [0.2, 0.25) is 0 Å². The zero-order valence-electron chi connectivity index (χ0n) is 8.57. The maximum Gasteiger partial charge on any atom is 0.264 e. The Kier molecular flexibility index (Phi) is 3.97. The van der Waals surface area contributed by atoms with Crippen molar-refractivity contribution in [3.8, 4) is 0 Å². The number of aromatic nitrogens is 2. The molecule has 0 unspecified atom stereocenters. The van der Waals surface area contributed by atoms with Crippen molar-refractivity contribution in [3.05, 3.63) is 10.6 Å².